The summed E-state index contributed by atoms with van der Waals surface area (Å²) in [7, 11) is 0. The van der Waals surface area contributed by atoms with Gasteiger partial charge in [0.05, 0.1) is 4.92 Å². The van der Waals surface area contributed by atoms with Crippen molar-refractivity contribution in [1.29, 1.82) is 0 Å². The second-order valence-corrected chi connectivity index (χ2v) is 7.21. The van der Waals surface area contributed by atoms with E-state index in [1.807, 2.05) is 11.4 Å². The molecular weight excluding hydrogens is 340 g/mol. The zero-order valence-corrected chi connectivity index (χ0v) is 14.8. The maximum absolute atomic E-state index is 12.6. The van der Waals surface area contributed by atoms with Crippen LogP contribution in [0.3, 0.4) is 0 Å². The van der Waals surface area contributed by atoms with Crippen LogP contribution < -0.4 is 5.32 Å². The monoisotopic (exact) mass is 360 g/mol. The van der Waals surface area contributed by atoms with E-state index in [4.69, 9.17) is 4.74 Å². The first-order valence-corrected chi connectivity index (χ1v) is 9.05. The molecule has 132 valence electrons. The highest BCUT2D eigenvalue weighted by Crippen LogP contribution is 2.37. The van der Waals surface area contributed by atoms with E-state index in [0.29, 0.717) is 30.9 Å². The third-order valence-corrected chi connectivity index (χ3v) is 5.94. The predicted molar refractivity (Wildman–Crippen MR) is 96.2 cm³/mol. The number of hydrogen-bond acceptors (Lipinski definition) is 5. The minimum atomic E-state index is -0.461. The number of ether oxygens (including phenoxy) is 1. The van der Waals surface area contributed by atoms with Gasteiger partial charge in [-0.15, -0.1) is 11.3 Å². The smallest absolute Gasteiger partial charge is 0.273 e. The molecule has 2 aromatic rings. The van der Waals surface area contributed by atoms with E-state index in [1.165, 1.54) is 10.9 Å². The molecule has 0 aliphatic carbocycles. The van der Waals surface area contributed by atoms with Gasteiger partial charge in [0.1, 0.15) is 0 Å². The third-order valence-electron chi connectivity index (χ3n) is 4.83. The van der Waals surface area contributed by atoms with Crippen LogP contribution in [0.15, 0.2) is 35.7 Å². The van der Waals surface area contributed by atoms with Crippen LogP contribution >= 0.6 is 11.3 Å². The average molecular weight is 360 g/mol. The van der Waals surface area contributed by atoms with Crippen molar-refractivity contribution in [2.75, 3.05) is 19.8 Å². The van der Waals surface area contributed by atoms with Gasteiger partial charge < -0.3 is 10.1 Å². The predicted octanol–water partition coefficient (Wildman–Crippen LogP) is 3.44. The molecule has 3 rings (SSSR count). The zero-order valence-electron chi connectivity index (χ0n) is 14.0. The third kappa shape index (κ3) is 3.57. The summed E-state index contributed by atoms with van der Waals surface area (Å²) >= 11 is 1.69. The van der Waals surface area contributed by atoms with E-state index in [-0.39, 0.29) is 17.0 Å². The highest BCUT2D eigenvalue weighted by Gasteiger charge is 2.36. The van der Waals surface area contributed by atoms with Crippen molar-refractivity contribution in [1.82, 2.24) is 5.32 Å². The second kappa shape index (κ2) is 7.33. The van der Waals surface area contributed by atoms with Crippen LogP contribution in [0.1, 0.15) is 33.6 Å². The maximum Gasteiger partial charge on any atom is 0.273 e. The fourth-order valence-electron chi connectivity index (χ4n) is 3.26. The van der Waals surface area contributed by atoms with Crippen LogP contribution in [0.4, 0.5) is 5.69 Å². The van der Waals surface area contributed by atoms with Gasteiger partial charge in [0, 0.05) is 47.2 Å². The summed E-state index contributed by atoms with van der Waals surface area (Å²) in [6.07, 6.45) is 1.70. The molecule has 1 saturated heterocycles. The number of hydrogen-bond donors (Lipinski definition) is 1. The minimum Gasteiger partial charge on any atom is -0.381 e. The SMILES string of the molecule is Cc1c(C(=O)NCC2(c3cccs3)CCOCC2)cccc1[N+](=O)[O-]. The van der Waals surface area contributed by atoms with Crippen LogP contribution in [0.25, 0.3) is 0 Å². The number of amides is 1. The largest absolute Gasteiger partial charge is 0.381 e. The van der Waals surface area contributed by atoms with Gasteiger partial charge in [-0.25, -0.2) is 0 Å². The van der Waals surface area contributed by atoms with Gasteiger partial charge in [0.15, 0.2) is 0 Å². The van der Waals surface area contributed by atoms with Crippen molar-refractivity contribution in [3.63, 3.8) is 0 Å². The molecule has 7 heteroatoms. The highest BCUT2D eigenvalue weighted by atomic mass is 32.1. The Morgan fingerprint density at radius 2 is 2.08 bits per heavy atom. The summed E-state index contributed by atoms with van der Waals surface area (Å²) in [5.74, 6) is -0.274. The number of nitrogens with one attached hydrogen (secondary N) is 1. The molecule has 1 N–H and O–H groups in total. The molecule has 6 nitrogen and oxygen atoms in total. The molecule has 1 aromatic carbocycles. The normalized spacial score (nSPS) is 16.4. The Morgan fingerprint density at radius 1 is 1.32 bits per heavy atom. The van der Waals surface area contributed by atoms with Crippen molar-refractivity contribution >= 4 is 22.9 Å². The van der Waals surface area contributed by atoms with Crippen LogP contribution in [0.2, 0.25) is 0 Å². The summed E-state index contributed by atoms with van der Waals surface area (Å²) in [5.41, 5.74) is 0.577. The standard InChI is InChI=1S/C18H20N2O4S/c1-13-14(4-2-5-15(13)20(22)23)17(21)19-12-18(7-9-24-10-8-18)16-6-3-11-25-16/h2-6,11H,7-10,12H2,1H3,(H,19,21). The minimum absolute atomic E-state index is 0.0355. The lowest BCUT2D eigenvalue weighted by atomic mass is 9.78. The van der Waals surface area contributed by atoms with E-state index >= 15 is 0 Å². The summed E-state index contributed by atoms with van der Waals surface area (Å²) in [5, 5.41) is 16.1. The topological polar surface area (TPSA) is 81.5 Å². The molecule has 2 heterocycles. The molecule has 1 aromatic heterocycles. The van der Waals surface area contributed by atoms with E-state index < -0.39 is 4.92 Å². The second-order valence-electron chi connectivity index (χ2n) is 6.26. The van der Waals surface area contributed by atoms with Crippen LogP contribution in [-0.4, -0.2) is 30.6 Å². The molecule has 25 heavy (non-hydrogen) atoms. The number of benzene rings is 1. The maximum atomic E-state index is 12.6. The summed E-state index contributed by atoms with van der Waals surface area (Å²) in [4.78, 5) is 24.5. The Hall–Kier alpha value is -2.25. The van der Waals surface area contributed by atoms with Gasteiger partial charge in [0.25, 0.3) is 11.6 Å². The molecule has 1 aliphatic rings. The molecule has 0 atom stereocenters. The molecular formula is C18H20N2O4S. The first-order chi connectivity index (χ1) is 12.0. The zero-order chi connectivity index (χ0) is 17.9. The Kier molecular flexibility index (Phi) is 5.15. The Balaban J connectivity index is 1.79. The van der Waals surface area contributed by atoms with E-state index in [2.05, 4.69) is 11.4 Å². The van der Waals surface area contributed by atoms with Gasteiger partial charge in [-0.3, -0.25) is 14.9 Å². The molecule has 1 aliphatic heterocycles. The van der Waals surface area contributed by atoms with Crippen molar-refractivity contribution < 1.29 is 14.5 Å². The Morgan fingerprint density at radius 3 is 2.72 bits per heavy atom. The van der Waals surface area contributed by atoms with Gasteiger partial charge >= 0.3 is 0 Å². The van der Waals surface area contributed by atoms with Crippen LogP contribution in [0.5, 0.6) is 0 Å². The number of carbonyl (C=O) groups excluding carboxylic acids is 1. The van der Waals surface area contributed by atoms with Crippen LogP contribution in [-0.2, 0) is 10.2 Å². The number of thiophene rings is 1. The summed E-state index contributed by atoms with van der Waals surface area (Å²) < 4.78 is 5.49. The van der Waals surface area contributed by atoms with E-state index in [9.17, 15) is 14.9 Å². The van der Waals surface area contributed by atoms with Gasteiger partial charge in [-0.05, 0) is 37.3 Å². The lowest BCUT2D eigenvalue weighted by Crippen LogP contribution is -2.44. The fraction of sp³-hybridized carbons (Fsp3) is 0.389. The van der Waals surface area contributed by atoms with Gasteiger partial charge in [0.2, 0.25) is 0 Å². The molecule has 1 fully saturated rings. The summed E-state index contributed by atoms with van der Waals surface area (Å²) in [6, 6.07) is 8.70. The lowest BCUT2D eigenvalue weighted by Gasteiger charge is -2.36. The summed E-state index contributed by atoms with van der Waals surface area (Å²) in [6.45, 7) is 3.45. The average Bonchev–Trinajstić information content (AvgIpc) is 3.16. The Bertz CT molecular complexity index is 767. The van der Waals surface area contributed by atoms with Crippen molar-refractivity contribution in [3.05, 3.63) is 61.8 Å². The van der Waals surface area contributed by atoms with Crippen molar-refractivity contribution in [2.45, 2.75) is 25.2 Å². The first-order valence-electron chi connectivity index (χ1n) is 8.17. The quantitative estimate of drug-likeness (QED) is 0.654. The fourth-order valence-corrected chi connectivity index (χ4v) is 4.25. The number of rotatable bonds is 5. The number of nitro groups is 1. The number of nitro benzene ring substituents is 1. The molecule has 1 amide bonds. The van der Waals surface area contributed by atoms with Gasteiger partial charge in [-0.2, -0.15) is 0 Å². The molecule has 0 spiro atoms. The molecule has 0 unspecified atom stereocenters. The number of nitrogens with zero attached hydrogens (tertiary/aromatic N) is 1. The Labute approximate surface area is 150 Å². The number of carbonyl (C=O) groups is 1. The molecule has 0 saturated carbocycles. The van der Waals surface area contributed by atoms with Gasteiger partial charge in [-0.1, -0.05) is 12.1 Å². The highest BCUT2D eigenvalue weighted by molar-refractivity contribution is 7.10. The first kappa shape index (κ1) is 17.6. The molecule has 0 radical (unpaired) electrons. The van der Waals surface area contributed by atoms with E-state index in [0.717, 1.165) is 12.8 Å². The molecule has 0 bridgehead atoms. The lowest BCUT2D eigenvalue weighted by molar-refractivity contribution is -0.385. The van der Waals surface area contributed by atoms with Crippen molar-refractivity contribution in [3.8, 4) is 0 Å². The van der Waals surface area contributed by atoms with Crippen molar-refractivity contribution in [2.24, 2.45) is 0 Å². The van der Waals surface area contributed by atoms with Crippen LogP contribution in [0, 0.1) is 17.0 Å². The van der Waals surface area contributed by atoms with E-state index in [1.54, 1.807) is 30.4 Å².